The first-order valence-electron chi connectivity index (χ1n) is 5.65. The van der Waals surface area contributed by atoms with Crippen molar-refractivity contribution in [3.63, 3.8) is 0 Å². The Morgan fingerprint density at radius 3 is 2.67 bits per heavy atom. The van der Waals surface area contributed by atoms with E-state index in [9.17, 15) is 13.2 Å². The maximum absolute atomic E-state index is 11.5. The molecule has 1 aromatic carbocycles. The minimum Gasteiger partial charge on any atom is -0.478 e. The summed E-state index contributed by atoms with van der Waals surface area (Å²) in [6, 6.07) is 5.52. The zero-order chi connectivity index (χ0) is 15.6. The van der Waals surface area contributed by atoms with Crippen molar-refractivity contribution < 1.29 is 22.7 Å². The number of carbonyl (C=O) groups is 1. The van der Waals surface area contributed by atoms with E-state index in [1.807, 2.05) is 0 Å². The van der Waals surface area contributed by atoms with Crippen LogP contribution in [0.1, 0.15) is 16.1 Å². The lowest BCUT2D eigenvalue weighted by molar-refractivity contribution is 0.0696. The Morgan fingerprint density at radius 1 is 1.43 bits per heavy atom. The Hall–Kier alpha value is -2.03. The molecule has 0 fully saturated rings. The Bertz CT molecular complexity index is 771. The maximum Gasteiger partial charge on any atom is 0.335 e. The molecular formula is C12H11ClN2O5S. The third kappa shape index (κ3) is 3.54. The standard InChI is InChI=1S/C12H11ClN2O5S/c13-11-9(15-6-8-2-1-3-20-8)4-7(12(16)17)5-10(11)21(14,18)19/h1-5,15H,6H2,(H,16,17)(H2,14,18,19). The van der Waals surface area contributed by atoms with Crippen molar-refractivity contribution in [3.8, 4) is 0 Å². The van der Waals surface area contributed by atoms with Crippen molar-refractivity contribution in [2.45, 2.75) is 11.4 Å². The molecule has 0 bridgehead atoms. The van der Waals surface area contributed by atoms with Crippen LogP contribution in [0.2, 0.25) is 5.02 Å². The van der Waals surface area contributed by atoms with Gasteiger partial charge < -0.3 is 14.8 Å². The smallest absolute Gasteiger partial charge is 0.335 e. The van der Waals surface area contributed by atoms with Gasteiger partial charge in [-0.25, -0.2) is 18.4 Å². The highest BCUT2D eigenvalue weighted by Gasteiger charge is 2.20. The number of furan rings is 1. The van der Waals surface area contributed by atoms with Crippen LogP contribution in [0.5, 0.6) is 0 Å². The molecule has 112 valence electrons. The van der Waals surface area contributed by atoms with Crippen LogP contribution in [-0.2, 0) is 16.6 Å². The molecule has 0 aliphatic rings. The van der Waals surface area contributed by atoms with E-state index in [1.54, 1.807) is 12.1 Å². The van der Waals surface area contributed by atoms with Crippen molar-refractivity contribution >= 4 is 33.3 Å². The minimum absolute atomic E-state index is 0.136. The van der Waals surface area contributed by atoms with E-state index in [-0.39, 0.29) is 22.8 Å². The van der Waals surface area contributed by atoms with Crippen molar-refractivity contribution in [1.29, 1.82) is 0 Å². The molecule has 0 aliphatic carbocycles. The fourth-order valence-electron chi connectivity index (χ4n) is 1.65. The van der Waals surface area contributed by atoms with Crippen LogP contribution in [0, 0.1) is 0 Å². The highest BCUT2D eigenvalue weighted by molar-refractivity contribution is 7.89. The predicted molar refractivity (Wildman–Crippen MR) is 75.8 cm³/mol. The zero-order valence-electron chi connectivity index (χ0n) is 10.5. The van der Waals surface area contributed by atoms with Crippen LogP contribution >= 0.6 is 11.6 Å². The van der Waals surface area contributed by atoms with Gasteiger partial charge in [-0.1, -0.05) is 11.6 Å². The number of rotatable bonds is 5. The maximum atomic E-state index is 11.5. The summed E-state index contributed by atoms with van der Waals surface area (Å²) in [5, 5.41) is 16.7. The average molecular weight is 331 g/mol. The number of sulfonamides is 1. The Labute approximate surface area is 125 Å². The van der Waals surface area contributed by atoms with Crippen molar-refractivity contribution in [3.05, 3.63) is 46.9 Å². The van der Waals surface area contributed by atoms with Crippen LogP contribution in [0.3, 0.4) is 0 Å². The highest BCUT2D eigenvalue weighted by atomic mass is 35.5. The number of halogens is 1. The van der Waals surface area contributed by atoms with Gasteiger partial charge in [0, 0.05) is 0 Å². The topological polar surface area (TPSA) is 123 Å². The summed E-state index contributed by atoms with van der Waals surface area (Å²) >= 11 is 5.97. The van der Waals surface area contributed by atoms with Crippen molar-refractivity contribution in [2.24, 2.45) is 5.14 Å². The first-order valence-corrected chi connectivity index (χ1v) is 7.57. The second-order valence-electron chi connectivity index (χ2n) is 4.12. The molecule has 0 atom stereocenters. The lowest BCUT2D eigenvalue weighted by Crippen LogP contribution is -2.15. The lowest BCUT2D eigenvalue weighted by atomic mass is 10.2. The number of nitrogens with one attached hydrogen (secondary N) is 1. The number of benzene rings is 1. The Balaban J connectivity index is 2.44. The van der Waals surface area contributed by atoms with E-state index in [2.05, 4.69) is 5.32 Å². The molecule has 21 heavy (non-hydrogen) atoms. The van der Waals surface area contributed by atoms with Crippen LogP contribution in [0.25, 0.3) is 0 Å². The first kappa shape index (κ1) is 15.4. The fourth-order valence-corrected chi connectivity index (χ4v) is 2.80. The van der Waals surface area contributed by atoms with Gasteiger partial charge in [-0.05, 0) is 24.3 Å². The zero-order valence-corrected chi connectivity index (χ0v) is 12.1. The number of aromatic carboxylic acids is 1. The molecule has 0 aliphatic heterocycles. The number of carboxylic acids is 1. The number of primary sulfonamides is 1. The number of nitrogens with two attached hydrogens (primary N) is 1. The molecule has 0 amide bonds. The number of carboxylic acid groups (broad SMARTS) is 1. The largest absolute Gasteiger partial charge is 0.478 e. The van der Waals surface area contributed by atoms with E-state index in [0.717, 1.165) is 6.07 Å². The molecule has 2 rings (SSSR count). The predicted octanol–water partition coefficient (Wildman–Crippen LogP) is 1.89. The molecule has 0 radical (unpaired) electrons. The molecule has 2 aromatic rings. The molecule has 4 N–H and O–H groups in total. The molecule has 9 heteroatoms. The second-order valence-corrected chi connectivity index (χ2v) is 6.03. The number of hydrogen-bond acceptors (Lipinski definition) is 5. The SMILES string of the molecule is NS(=O)(=O)c1cc(C(=O)O)cc(NCc2ccco2)c1Cl. The van der Waals surface area contributed by atoms with Crippen LogP contribution in [0.4, 0.5) is 5.69 Å². The summed E-state index contributed by atoms with van der Waals surface area (Å²) in [7, 11) is -4.14. The van der Waals surface area contributed by atoms with Gasteiger partial charge in [-0.2, -0.15) is 0 Å². The Morgan fingerprint density at radius 2 is 2.14 bits per heavy atom. The highest BCUT2D eigenvalue weighted by Crippen LogP contribution is 2.31. The fraction of sp³-hybridized carbons (Fsp3) is 0.0833. The van der Waals surface area contributed by atoms with Crippen LogP contribution < -0.4 is 10.5 Å². The normalized spacial score (nSPS) is 11.3. The molecule has 0 saturated carbocycles. The van der Waals surface area contributed by atoms with Gasteiger partial charge in [-0.15, -0.1) is 0 Å². The lowest BCUT2D eigenvalue weighted by Gasteiger charge is -2.11. The summed E-state index contributed by atoms with van der Waals surface area (Å²) < 4.78 is 28.0. The molecule has 0 saturated heterocycles. The van der Waals surface area contributed by atoms with E-state index in [1.165, 1.54) is 12.3 Å². The van der Waals surface area contributed by atoms with Crippen LogP contribution in [0.15, 0.2) is 39.8 Å². The summed E-state index contributed by atoms with van der Waals surface area (Å²) in [6.45, 7) is 0.208. The van der Waals surface area contributed by atoms with Gasteiger partial charge in [0.25, 0.3) is 0 Å². The van der Waals surface area contributed by atoms with Gasteiger partial charge in [0.05, 0.1) is 29.1 Å². The molecule has 7 nitrogen and oxygen atoms in total. The molecule has 0 unspecified atom stereocenters. The van der Waals surface area contributed by atoms with Gasteiger partial charge in [0.2, 0.25) is 10.0 Å². The van der Waals surface area contributed by atoms with E-state index < -0.39 is 20.9 Å². The molecule has 1 heterocycles. The number of anilines is 1. The Kier molecular flexibility index (Phi) is 4.21. The van der Waals surface area contributed by atoms with Gasteiger partial charge >= 0.3 is 5.97 Å². The van der Waals surface area contributed by atoms with Crippen molar-refractivity contribution in [2.75, 3.05) is 5.32 Å². The third-order valence-corrected chi connectivity index (χ3v) is 4.08. The number of hydrogen-bond donors (Lipinski definition) is 3. The molecular weight excluding hydrogens is 320 g/mol. The van der Waals surface area contributed by atoms with Crippen molar-refractivity contribution in [1.82, 2.24) is 0 Å². The van der Waals surface area contributed by atoms with Gasteiger partial charge in [0.15, 0.2) is 0 Å². The minimum atomic E-state index is -4.14. The summed E-state index contributed by atoms with van der Waals surface area (Å²) in [6.07, 6.45) is 1.47. The quantitative estimate of drug-likeness (QED) is 0.769. The van der Waals surface area contributed by atoms with E-state index in [0.29, 0.717) is 5.76 Å². The summed E-state index contributed by atoms with van der Waals surface area (Å²) in [5.41, 5.74) is -0.109. The monoisotopic (exact) mass is 330 g/mol. The third-order valence-electron chi connectivity index (χ3n) is 2.63. The van der Waals surface area contributed by atoms with E-state index >= 15 is 0 Å². The molecule has 1 aromatic heterocycles. The summed E-state index contributed by atoms with van der Waals surface area (Å²) in [4.78, 5) is 10.6. The molecule has 0 spiro atoms. The van der Waals surface area contributed by atoms with E-state index in [4.69, 9.17) is 26.3 Å². The van der Waals surface area contributed by atoms with Gasteiger partial charge in [-0.3, -0.25) is 0 Å². The summed E-state index contributed by atoms with van der Waals surface area (Å²) in [5.74, 6) is -0.721. The first-order chi connectivity index (χ1) is 9.79. The van der Waals surface area contributed by atoms with Gasteiger partial charge in [0.1, 0.15) is 10.7 Å². The van der Waals surface area contributed by atoms with Crippen LogP contribution in [-0.4, -0.2) is 19.5 Å². The average Bonchev–Trinajstić information content (AvgIpc) is 2.88. The second kappa shape index (κ2) is 5.76.